The van der Waals surface area contributed by atoms with E-state index in [1.54, 1.807) is 36.4 Å². The zero-order chi connectivity index (χ0) is 27.8. The van der Waals surface area contributed by atoms with Gasteiger partial charge in [0.05, 0.1) is 32.4 Å². The zero-order valence-corrected chi connectivity index (χ0v) is 22.4. The second kappa shape index (κ2) is 10.5. The SMILES string of the molecule is Cc1ccc(C(=O)[C@@H](OC(=O)c2ccc(N3C(=O)c4cc(Cl)c(Cl)cc4C3=O)cc2)c2ccccc2)cc1C. The Balaban J connectivity index is 1.40. The van der Waals surface area contributed by atoms with Gasteiger partial charge in [-0.3, -0.25) is 14.4 Å². The van der Waals surface area contributed by atoms with Crippen LogP contribution in [0.4, 0.5) is 5.69 Å². The monoisotopic (exact) mass is 557 g/mol. The van der Waals surface area contributed by atoms with Crippen LogP contribution in [0.2, 0.25) is 10.0 Å². The predicted octanol–water partition coefficient (Wildman–Crippen LogP) is 7.19. The van der Waals surface area contributed by atoms with E-state index in [2.05, 4.69) is 0 Å². The Morgan fingerprint density at radius 1 is 0.718 bits per heavy atom. The van der Waals surface area contributed by atoms with Crippen molar-refractivity contribution in [1.29, 1.82) is 0 Å². The topological polar surface area (TPSA) is 80.8 Å². The van der Waals surface area contributed by atoms with Crippen LogP contribution in [0.15, 0.2) is 84.9 Å². The molecule has 0 radical (unpaired) electrons. The van der Waals surface area contributed by atoms with E-state index in [1.807, 2.05) is 26.0 Å². The number of ether oxygens (including phenoxy) is 1. The Morgan fingerprint density at radius 3 is 1.85 bits per heavy atom. The number of Topliss-reactive ketones (excluding diaryl/α,β-unsaturated/α-hetero) is 1. The highest BCUT2D eigenvalue weighted by molar-refractivity contribution is 6.44. The Bertz CT molecular complexity index is 1610. The van der Waals surface area contributed by atoms with Crippen molar-refractivity contribution in [2.45, 2.75) is 20.0 Å². The van der Waals surface area contributed by atoms with E-state index in [-0.39, 0.29) is 38.2 Å². The molecule has 0 saturated carbocycles. The first-order valence-corrected chi connectivity index (χ1v) is 12.8. The van der Waals surface area contributed by atoms with E-state index in [0.717, 1.165) is 16.0 Å². The van der Waals surface area contributed by atoms with E-state index in [1.165, 1.54) is 36.4 Å². The van der Waals surface area contributed by atoms with Crippen LogP contribution in [0.25, 0.3) is 0 Å². The fourth-order valence-electron chi connectivity index (χ4n) is 4.34. The van der Waals surface area contributed by atoms with Crippen LogP contribution in [0.3, 0.4) is 0 Å². The quantitative estimate of drug-likeness (QED) is 0.142. The standard InChI is InChI=1S/C31H21Cl2NO5/c1-17-8-9-21(14-18(17)2)27(35)28(19-6-4-3-5-7-19)39-31(38)20-10-12-22(13-11-20)34-29(36)23-15-25(32)26(33)16-24(23)30(34)37/h3-16,28H,1-2H3/t28-/m0/s1. The highest BCUT2D eigenvalue weighted by Gasteiger charge is 2.37. The maximum Gasteiger partial charge on any atom is 0.339 e. The molecule has 0 unspecified atom stereocenters. The summed E-state index contributed by atoms with van der Waals surface area (Å²) in [4.78, 5) is 53.4. The molecule has 1 aliphatic rings. The van der Waals surface area contributed by atoms with Crippen LogP contribution in [-0.2, 0) is 4.74 Å². The Hall–Kier alpha value is -4.26. The molecule has 0 aromatic heterocycles. The number of amides is 2. The summed E-state index contributed by atoms with van der Waals surface area (Å²) in [6, 6.07) is 22.6. The van der Waals surface area contributed by atoms with Gasteiger partial charge in [0.15, 0.2) is 6.10 Å². The van der Waals surface area contributed by atoms with E-state index in [4.69, 9.17) is 27.9 Å². The number of carbonyl (C=O) groups is 4. The normalized spacial score (nSPS) is 13.3. The van der Waals surface area contributed by atoms with Gasteiger partial charge in [-0.05, 0) is 67.4 Å². The van der Waals surface area contributed by atoms with Crippen molar-refractivity contribution in [3.63, 3.8) is 0 Å². The van der Waals surface area contributed by atoms with Crippen LogP contribution >= 0.6 is 23.2 Å². The first-order chi connectivity index (χ1) is 18.7. The van der Waals surface area contributed by atoms with E-state index >= 15 is 0 Å². The highest BCUT2D eigenvalue weighted by atomic mass is 35.5. The van der Waals surface area contributed by atoms with Crippen molar-refractivity contribution in [3.8, 4) is 0 Å². The van der Waals surface area contributed by atoms with Gasteiger partial charge in [0.1, 0.15) is 0 Å². The number of aryl methyl sites for hydroxylation is 2. The van der Waals surface area contributed by atoms with Crippen molar-refractivity contribution < 1.29 is 23.9 Å². The van der Waals surface area contributed by atoms with Gasteiger partial charge in [-0.15, -0.1) is 0 Å². The molecule has 1 atom stereocenters. The molecule has 0 saturated heterocycles. The molecule has 0 fully saturated rings. The minimum atomic E-state index is -1.16. The number of hydrogen-bond acceptors (Lipinski definition) is 5. The van der Waals surface area contributed by atoms with Gasteiger partial charge in [0.25, 0.3) is 11.8 Å². The Labute approximate surface area is 234 Å². The second-order valence-electron chi connectivity index (χ2n) is 9.16. The molecule has 0 aliphatic carbocycles. The summed E-state index contributed by atoms with van der Waals surface area (Å²) in [5.74, 6) is -2.18. The summed E-state index contributed by atoms with van der Waals surface area (Å²) >= 11 is 12.1. The number of fused-ring (bicyclic) bond motifs is 1. The molecule has 0 spiro atoms. The summed E-state index contributed by atoms with van der Waals surface area (Å²) in [7, 11) is 0. The molecule has 8 heteroatoms. The van der Waals surface area contributed by atoms with Crippen LogP contribution in [0, 0.1) is 13.8 Å². The molecular formula is C31H21Cl2NO5. The number of ketones is 1. The predicted molar refractivity (Wildman–Crippen MR) is 149 cm³/mol. The summed E-state index contributed by atoms with van der Waals surface area (Å²) < 4.78 is 5.73. The number of esters is 1. The molecule has 1 heterocycles. The van der Waals surface area contributed by atoms with E-state index < -0.39 is 23.9 Å². The molecule has 0 N–H and O–H groups in total. The average molecular weight is 558 g/mol. The van der Waals surface area contributed by atoms with Gasteiger partial charge < -0.3 is 4.74 Å². The van der Waals surface area contributed by atoms with E-state index in [0.29, 0.717) is 11.1 Å². The van der Waals surface area contributed by atoms with Crippen LogP contribution < -0.4 is 4.90 Å². The highest BCUT2D eigenvalue weighted by Crippen LogP contribution is 2.34. The van der Waals surface area contributed by atoms with Gasteiger partial charge in [0.2, 0.25) is 5.78 Å². The molecule has 1 aliphatic heterocycles. The lowest BCUT2D eigenvalue weighted by Gasteiger charge is -2.19. The lowest BCUT2D eigenvalue weighted by atomic mass is 9.97. The van der Waals surface area contributed by atoms with Gasteiger partial charge in [0, 0.05) is 11.1 Å². The van der Waals surface area contributed by atoms with Crippen molar-refractivity contribution in [3.05, 3.63) is 134 Å². The zero-order valence-electron chi connectivity index (χ0n) is 20.9. The van der Waals surface area contributed by atoms with Gasteiger partial charge in [-0.1, -0.05) is 65.7 Å². The van der Waals surface area contributed by atoms with Gasteiger partial charge >= 0.3 is 5.97 Å². The number of hydrogen-bond donors (Lipinski definition) is 0. The van der Waals surface area contributed by atoms with Crippen molar-refractivity contribution in [2.24, 2.45) is 0 Å². The summed E-state index contributed by atoms with van der Waals surface area (Å²) in [6.07, 6.45) is -1.16. The van der Waals surface area contributed by atoms with Crippen molar-refractivity contribution in [2.75, 3.05) is 4.90 Å². The lowest BCUT2D eigenvalue weighted by Crippen LogP contribution is -2.29. The third kappa shape index (κ3) is 4.97. The average Bonchev–Trinajstić information content (AvgIpc) is 3.17. The molecule has 4 aromatic carbocycles. The third-order valence-electron chi connectivity index (χ3n) is 6.65. The second-order valence-corrected chi connectivity index (χ2v) is 9.98. The number of halogens is 2. The van der Waals surface area contributed by atoms with E-state index in [9.17, 15) is 19.2 Å². The number of rotatable bonds is 6. The fourth-order valence-corrected chi connectivity index (χ4v) is 4.66. The minimum absolute atomic E-state index is 0.147. The van der Waals surface area contributed by atoms with Crippen molar-refractivity contribution in [1.82, 2.24) is 0 Å². The molecule has 6 nitrogen and oxygen atoms in total. The summed E-state index contributed by atoms with van der Waals surface area (Å²) in [5, 5.41) is 0.333. The molecule has 0 bridgehead atoms. The number of anilines is 1. The van der Waals surface area contributed by atoms with Gasteiger partial charge in [-0.2, -0.15) is 0 Å². The Kier molecular flexibility index (Phi) is 7.08. The van der Waals surface area contributed by atoms with Crippen LogP contribution in [-0.4, -0.2) is 23.6 Å². The maximum atomic E-state index is 13.5. The third-order valence-corrected chi connectivity index (χ3v) is 7.37. The smallest absolute Gasteiger partial charge is 0.339 e. The van der Waals surface area contributed by atoms with Crippen LogP contribution in [0.5, 0.6) is 0 Å². The Morgan fingerprint density at radius 2 is 1.28 bits per heavy atom. The van der Waals surface area contributed by atoms with Gasteiger partial charge in [-0.25, -0.2) is 9.69 Å². The molecule has 2 amide bonds. The van der Waals surface area contributed by atoms with Crippen LogP contribution in [0.1, 0.15) is 64.2 Å². The largest absolute Gasteiger partial charge is 0.445 e. The number of carbonyl (C=O) groups excluding carboxylic acids is 4. The molecule has 39 heavy (non-hydrogen) atoms. The fraction of sp³-hybridized carbons (Fsp3) is 0.0968. The molecule has 194 valence electrons. The number of benzene rings is 4. The van der Waals surface area contributed by atoms with Crippen molar-refractivity contribution >= 4 is 52.5 Å². The first-order valence-electron chi connectivity index (χ1n) is 12.0. The lowest BCUT2D eigenvalue weighted by molar-refractivity contribution is 0.0280. The number of imide groups is 1. The minimum Gasteiger partial charge on any atom is -0.445 e. The summed E-state index contributed by atoms with van der Waals surface area (Å²) in [6.45, 7) is 3.86. The number of nitrogens with zero attached hydrogens (tertiary/aromatic N) is 1. The molecule has 5 rings (SSSR count). The maximum absolute atomic E-state index is 13.5. The first kappa shape index (κ1) is 26.4. The molecular weight excluding hydrogens is 537 g/mol. The summed E-state index contributed by atoms with van der Waals surface area (Å²) in [5.41, 5.74) is 3.67. The molecule has 4 aromatic rings.